The van der Waals surface area contributed by atoms with E-state index in [0.717, 1.165) is 0 Å². The van der Waals surface area contributed by atoms with Crippen molar-refractivity contribution in [1.29, 1.82) is 0 Å². The summed E-state index contributed by atoms with van der Waals surface area (Å²) in [6.07, 6.45) is -13.0. The lowest BCUT2D eigenvalue weighted by molar-refractivity contribution is -0.319. The van der Waals surface area contributed by atoms with Crippen molar-refractivity contribution in [2.75, 3.05) is 13.2 Å². The molecule has 0 aliphatic heterocycles. The number of ether oxygens (including phenoxy) is 1. The number of carbonyl (C=O) groups excluding carboxylic acids is 1. The van der Waals surface area contributed by atoms with Crippen LogP contribution in [0.2, 0.25) is 12.6 Å². The highest BCUT2D eigenvalue weighted by molar-refractivity contribution is 6.33. The predicted molar refractivity (Wildman–Crippen MR) is 55.9 cm³/mol. The molecule has 19 heavy (non-hydrogen) atoms. The van der Waals surface area contributed by atoms with E-state index in [1.165, 1.54) is 0 Å². The van der Waals surface area contributed by atoms with E-state index < -0.39 is 31.0 Å². The number of alkyl halides is 6. The van der Waals surface area contributed by atoms with Crippen molar-refractivity contribution in [1.82, 2.24) is 5.32 Å². The van der Waals surface area contributed by atoms with Crippen molar-refractivity contribution in [3.63, 3.8) is 0 Å². The summed E-state index contributed by atoms with van der Waals surface area (Å²) in [7, 11) is 0.562. The fourth-order valence-corrected chi connectivity index (χ4v) is 1.57. The lowest BCUT2D eigenvalue weighted by Gasteiger charge is -2.23. The first-order chi connectivity index (χ1) is 8.64. The summed E-state index contributed by atoms with van der Waals surface area (Å²) in [5, 5.41) is 1.84. The monoisotopic (exact) mass is 309 g/mol. The molecule has 1 atom stereocenters. The van der Waals surface area contributed by atoms with Crippen LogP contribution in [0, 0.1) is 0 Å². The average Bonchev–Trinajstić information content (AvgIpc) is 2.30. The SMILES string of the molecule is C[Si]CCCNC(=O)C(OC(F)(F)CF)C(F)(F)F. The third-order valence-electron chi connectivity index (χ3n) is 1.88. The maximum absolute atomic E-state index is 12.5. The van der Waals surface area contributed by atoms with E-state index >= 15 is 0 Å². The summed E-state index contributed by atoms with van der Waals surface area (Å²) in [6.45, 7) is -0.661. The molecule has 0 saturated carbocycles. The van der Waals surface area contributed by atoms with Crippen LogP contribution in [0.1, 0.15) is 6.42 Å². The van der Waals surface area contributed by atoms with Gasteiger partial charge in [0, 0.05) is 16.1 Å². The molecule has 0 heterocycles. The Labute approximate surface area is 108 Å². The fraction of sp³-hybridized carbons (Fsp3) is 0.889. The van der Waals surface area contributed by atoms with Crippen LogP contribution in [-0.2, 0) is 9.53 Å². The summed E-state index contributed by atoms with van der Waals surface area (Å²) in [5.74, 6) is -1.75. The fourth-order valence-electron chi connectivity index (χ4n) is 1.04. The predicted octanol–water partition coefficient (Wildman–Crippen LogP) is 2.17. The molecular formula is C9H13F6NO2Si. The van der Waals surface area contributed by atoms with E-state index in [1.54, 1.807) is 0 Å². The lowest BCUT2D eigenvalue weighted by Crippen LogP contribution is -2.49. The molecule has 0 aliphatic carbocycles. The highest BCUT2D eigenvalue weighted by Gasteiger charge is 2.51. The van der Waals surface area contributed by atoms with E-state index in [2.05, 4.69) is 4.74 Å². The second-order valence-electron chi connectivity index (χ2n) is 3.56. The van der Waals surface area contributed by atoms with E-state index in [9.17, 15) is 31.1 Å². The van der Waals surface area contributed by atoms with Crippen molar-refractivity contribution in [2.45, 2.75) is 37.4 Å². The summed E-state index contributed by atoms with van der Waals surface area (Å²) in [5.41, 5.74) is 0. The molecule has 0 aromatic heterocycles. The van der Waals surface area contributed by atoms with Gasteiger partial charge in [-0.3, -0.25) is 9.53 Å². The van der Waals surface area contributed by atoms with Gasteiger partial charge >= 0.3 is 12.3 Å². The van der Waals surface area contributed by atoms with Gasteiger partial charge in [-0.1, -0.05) is 12.6 Å². The van der Waals surface area contributed by atoms with Gasteiger partial charge in [0.2, 0.25) is 6.10 Å². The number of hydrogen-bond acceptors (Lipinski definition) is 2. The van der Waals surface area contributed by atoms with Gasteiger partial charge in [0.1, 0.15) is 0 Å². The van der Waals surface area contributed by atoms with Crippen LogP contribution in [0.5, 0.6) is 0 Å². The zero-order valence-corrected chi connectivity index (χ0v) is 11.0. The molecule has 0 aromatic carbocycles. The van der Waals surface area contributed by atoms with Crippen LogP contribution in [0.25, 0.3) is 0 Å². The molecule has 0 bridgehead atoms. The first-order valence-electron chi connectivity index (χ1n) is 5.24. The van der Waals surface area contributed by atoms with Gasteiger partial charge < -0.3 is 5.32 Å². The molecule has 1 N–H and O–H groups in total. The van der Waals surface area contributed by atoms with Gasteiger partial charge in [-0.15, -0.1) is 0 Å². The van der Waals surface area contributed by atoms with Crippen LogP contribution in [0.4, 0.5) is 26.3 Å². The van der Waals surface area contributed by atoms with Crippen molar-refractivity contribution in [3.05, 3.63) is 0 Å². The summed E-state index contributed by atoms with van der Waals surface area (Å²) < 4.78 is 77.0. The molecule has 0 aromatic rings. The van der Waals surface area contributed by atoms with Crippen molar-refractivity contribution >= 4 is 15.4 Å². The Morgan fingerprint density at radius 2 is 1.89 bits per heavy atom. The average molecular weight is 309 g/mol. The normalized spacial score (nSPS) is 14.3. The van der Waals surface area contributed by atoms with Crippen molar-refractivity contribution in [2.24, 2.45) is 0 Å². The molecule has 1 unspecified atom stereocenters. The Balaban J connectivity index is 4.55. The summed E-state index contributed by atoms with van der Waals surface area (Å²) >= 11 is 0. The molecule has 0 saturated heterocycles. The Hall–Kier alpha value is -0.773. The minimum absolute atomic E-state index is 0.0865. The number of carbonyl (C=O) groups is 1. The van der Waals surface area contributed by atoms with Gasteiger partial charge in [0.05, 0.1) is 0 Å². The van der Waals surface area contributed by atoms with E-state index in [-0.39, 0.29) is 6.54 Å². The standard InChI is InChI=1S/C9H13F6NO2Si/c1-19-4-2-3-16-7(17)6(9(13,14)15)18-8(11,12)5-10/h6H,2-5H2,1H3,(H,16,17). The third-order valence-corrected chi connectivity index (χ3v) is 2.74. The van der Waals surface area contributed by atoms with Gasteiger partial charge in [0.15, 0.2) is 6.67 Å². The second-order valence-corrected chi connectivity index (χ2v) is 4.77. The zero-order chi connectivity index (χ0) is 15.1. The Morgan fingerprint density at radius 1 is 1.32 bits per heavy atom. The molecule has 0 aliphatic rings. The van der Waals surface area contributed by atoms with Crippen molar-refractivity contribution in [3.8, 4) is 0 Å². The second kappa shape index (κ2) is 7.73. The quantitative estimate of drug-likeness (QED) is 0.424. The topological polar surface area (TPSA) is 38.3 Å². The van der Waals surface area contributed by atoms with Crippen LogP contribution in [0.3, 0.4) is 0 Å². The minimum atomic E-state index is -5.34. The lowest BCUT2D eigenvalue weighted by atomic mass is 10.3. The van der Waals surface area contributed by atoms with Gasteiger partial charge in [-0.25, -0.2) is 4.39 Å². The summed E-state index contributed by atoms with van der Waals surface area (Å²) in [4.78, 5) is 11.1. The molecule has 0 fully saturated rings. The number of amides is 1. The molecule has 112 valence electrons. The number of nitrogens with one attached hydrogen (secondary N) is 1. The number of hydrogen-bond donors (Lipinski definition) is 1. The van der Waals surface area contributed by atoms with Crippen molar-refractivity contribution < 1.29 is 35.9 Å². The van der Waals surface area contributed by atoms with E-state index in [4.69, 9.17) is 0 Å². The van der Waals surface area contributed by atoms with Gasteiger partial charge in [-0.05, 0) is 6.42 Å². The summed E-state index contributed by atoms with van der Waals surface area (Å²) in [6, 6.07) is 0.693. The molecule has 0 rings (SSSR count). The number of rotatable bonds is 8. The largest absolute Gasteiger partial charge is 0.423 e. The molecule has 0 spiro atoms. The first-order valence-corrected chi connectivity index (χ1v) is 6.95. The van der Waals surface area contributed by atoms with Crippen LogP contribution in [-0.4, -0.2) is 47.0 Å². The minimum Gasteiger partial charge on any atom is -0.354 e. The molecule has 1 amide bonds. The maximum atomic E-state index is 12.5. The van der Waals surface area contributed by atoms with E-state index in [1.807, 2.05) is 11.9 Å². The van der Waals surface area contributed by atoms with E-state index in [0.29, 0.717) is 22.0 Å². The molecule has 2 radical (unpaired) electrons. The van der Waals surface area contributed by atoms with Gasteiger partial charge in [0.25, 0.3) is 5.91 Å². The highest BCUT2D eigenvalue weighted by atomic mass is 28.2. The Morgan fingerprint density at radius 3 is 2.32 bits per heavy atom. The maximum Gasteiger partial charge on any atom is 0.423 e. The van der Waals surface area contributed by atoms with Crippen LogP contribution in [0.15, 0.2) is 0 Å². The molecule has 3 nitrogen and oxygen atoms in total. The number of halogens is 6. The molecular weight excluding hydrogens is 296 g/mol. The Bertz CT molecular complexity index is 286. The Kier molecular flexibility index (Phi) is 7.41. The third kappa shape index (κ3) is 7.40. The highest BCUT2D eigenvalue weighted by Crippen LogP contribution is 2.29. The van der Waals surface area contributed by atoms with Gasteiger partial charge in [-0.2, -0.15) is 22.0 Å². The smallest absolute Gasteiger partial charge is 0.354 e. The van der Waals surface area contributed by atoms with Crippen LogP contribution < -0.4 is 5.32 Å². The zero-order valence-electron chi connectivity index (χ0n) is 9.99. The van der Waals surface area contributed by atoms with Crippen LogP contribution >= 0.6 is 0 Å². The molecule has 10 heteroatoms. The first kappa shape index (κ1) is 18.2.